The Labute approximate surface area is 178 Å². The maximum atomic E-state index is 12.1. The molecule has 0 radical (unpaired) electrons. The van der Waals surface area contributed by atoms with Crippen LogP contribution >= 0.6 is 11.8 Å². The molecule has 3 aromatic heterocycles. The van der Waals surface area contributed by atoms with E-state index in [2.05, 4.69) is 37.8 Å². The monoisotopic (exact) mass is 422 g/mol. The third-order valence-electron chi connectivity index (χ3n) is 4.43. The molecule has 30 heavy (non-hydrogen) atoms. The average molecular weight is 423 g/mol. The van der Waals surface area contributed by atoms with Gasteiger partial charge in [0.15, 0.2) is 5.65 Å². The molecule has 1 aromatic carbocycles. The molecule has 8 nitrogen and oxygen atoms in total. The van der Waals surface area contributed by atoms with Crippen molar-refractivity contribution in [2.24, 2.45) is 0 Å². The number of carbonyl (C=O) groups excluding carboxylic acids is 1. The van der Waals surface area contributed by atoms with Crippen LogP contribution in [-0.2, 0) is 23.6 Å². The predicted octanol–water partition coefficient (Wildman–Crippen LogP) is 3.08. The molecule has 0 aliphatic carbocycles. The lowest BCUT2D eigenvalue weighted by atomic mass is 10.2. The zero-order valence-electron chi connectivity index (χ0n) is 16.3. The molecule has 4 aromatic rings. The molecular formula is C21H22N6O2S. The number of amides is 1. The van der Waals surface area contributed by atoms with Crippen LogP contribution in [0.1, 0.15) is 11.3 Å². The van der Waals surface area contributed by atoms with Crippen molar-refractivity contribution in [3.8, 4) is 0 Å². The molecule has 3 heterocycles. The SMILES string of the molecule is O=C(CSCc1ccccc1)NCCn1ncc2c(NCc3ccco3)ncnc21. The highest BCUT2D eigenvalue weighted by molar-refractivity contribution is 7.99. The summed E-state index contributed by atoms with van der Waals surface area (Å²) < 4.78 is 7.10. The number of fused-ring (bicyclic) bond motifs is 1. The Hall–Kier alpha value is -3.33. The Balaban J connectivity index is 1.26. The first-order chi connectivity index (χ1) is 14.8. The Morgan fingerprint density at radius 3 is 2.87 bits per heavy atom. The summed E-state index contributed by atoms with van der Waals surface area (Å²) in [4.78, 5) is 20.7. The Bertz CT molecular complexity index is 1080. The third kappa shape index (κ3) is 5.18. The molecule has 0 aliphatic rings. The maximum Gasteiger partial charge on any atom is 0.230 e. The number of thioether (sulfide) groups is 1. The van der Waals surface area contributed by atoms with Crippen molar-refractivity contribution in [1.82, 2.24) is 25.1 Å². The normalized spacial score (nSPS) is 10.9. The maximum absolute atomic E-state index is 12.1. The van der Waals surface area contributed by atoms with E-state index in [0.29, 0.717) is 31.2 Å². The van der Waals surface area contributed by atoms with Gasteiger partial charge in [-0.1, -0.05) is 30.3 Å². The van der Waals surface area contributed by atoms with Crippen molar-refractivity contribution in [3.05, 3.63) is 72.6 Å². The molecule has 0 atom stereocenters. The smallest absolute Gasteiger partial charge is 0.230 e. The Morgan fingerprint density at radius 2 is 2.03 bits per heavy atom. The van der Waals surface area contributed by atoms with Gasteiger partial charge < -0.3 is 15.1 Å². The van der Waals surface area contributed by atoms with Crippen molar-refractivity contribution in [2.45, 2.75) is 18.8 Å². The molecule has 0 saturated carbocycles. The van der Waals surface area contributed by atoms with Crippen LogP contribution in [0.5, 0.6) is 0 Å². The lowest BCUT2D eigenvalue weighted by Gasteiger charge is -2.07. The second-order valence-electron chi connectivity index (χ2n) is 6.59. The molecule has 0 spiro atoms. The van der Waals surface area contributed by atoms with E-state index in [4.69, 9.17) is 4.42 Å². The summed E-state index contributed by atoms with van der Waals surface area (Å²) in [5, 5.41) is 11.4. The van der Waals surface area contributed by atoms with Crippen LogP contribution in [0.15, 0.2) is 65.7 Å². The zero-order chi connectivity index (χ0) is 20.6. The number of furan rings is 1. The van der Waals surface area contributed by atoms with Crippen LogP contribution in [0.25, 0.3) is 11.0 Å². The Kier molecular flexibility index (Phi) is 6.61. The second-order valence-corrected chi connectivity index (χ2v) is 7.57. The number of benzene rings is 1. The molecule has 0 fully saturated rings. The first-order valence-corrected chi connectivity index (χ1v) is 10.8. The minimum atomic E-state index is 0.0165. The van der Waals surface area contributed by atoms with E-state index in [0.717, 1.165) is 22.5 Å². The Morgan fingerprint density at radius 1 is 1.13 bits per heavy atom. The third-order valence-corrected chi connectivity index (χ3v) is 5.44. The van der Waals surface area contributed by atoms with Gasteiger partial charge in [-0.05, 0) is 17.7 Å². The molecule has 0 aliphatic heterocycles. The largest absolute Gasteiger partial charge is 0.467 e. The molecular weight excluding hydrogens is 400 g/mol. The van der Waals surface area contributed by atoms with Gasteiger partial charge in [0, 0.05) is 12.3 Å². The van der Waals surface area contributed by atoms with E-state index in [9.17, 15) is 4.79 Å². The van der Waals surface area contributed by atoms with Crippen molar-refractivity contribution < 1.29 is 9.21 Å². The summed E-state index contributed by atoms with van der Waals surface area (Å²) in [5.41, 5.74) is 1.94. The number of hydrogen-bond acceptors (Lipinski definition) is 7. The zero-order valence-corrected chi connectivity index (χ0v) is 17.1. The average Bonchev–Trinajstić information content (AvgIpc) is 3.43. The fourth-order valence-electron chi connectivity index (χ4n) is 2.97. The minimum absolute atomic E-state index is 0.0165. The quantitative estimate of drug-likeness (QED) is 0.405. The van der Waals surface area contributed by atoms with Gasteiger partial charge in [0.2, 0.25) is 5.91 Å². The topological polar surface area (TPSA) is 97.9 Å². The van der Waals surface area contributed by atoms with Gasteiger partial charge in [0.25, 0.3) is 0 Å². The van der Waals surface area contributed by atoms with Crippen molar-refractivity contribution >= 4 is 34.5 Å². The lowest BCUT2D eigenvalue weighted by molar-refractivity contribution is -0.118. The van der Waals surface area contributed by atoms with Crippen LogP contribution < -0.4 is 10.6 Å². The number of rotatable bonds is 10. The number of nitrogens with zero attached hydrogens (tertiary/aromatic N) is 4. The molecule has 2 N–H and O–H groups in total. The van der Waals surface area contributed by atoms with Crippen LogP contribution in [0.4, 0.5) is 5.82 Å². The van der Waals surface area contributed by atoms with Gasteiger partial charge in [-0.15, -0.1) is 11.8 Å². The highest BCUT2D eigenvalue weighted by Crippen LogP contribution is 2.19. The van der Waals surface area contributed by atoms with Gasteiger partial charge in [-0.25, -0.2) is 14.6 Å². The van der Waals surface area contributed by atoms with Gasteiger partial charge >= 0.3 is 0 Å². The van der Waals surface area contributed by atoms with Crippen molar-refractivity contribution in [3.63, 3.8) is 0 Å². The lowest BCUT2D eigenvalue weighted by Crippen LogP contribution is -2.29. The van der Waals surface area contributed by atoms with Crippen molar-refractivity contribution in [1.29, 1.82) is 0 Å². The number of aromatic nitrogens is 4. The highest BCUT2D eigenvalue weighted by atomic mass is 32.2. The first-order valence-electron chi connectivity index (χ1n) is 9.61. The van der Waals surface area contributed by atoms with Crippen LogP contribution in [0.3, 0.4) is 0 Å². The molecule has 0 bridgehead atoms. The molecule has 4 rings (SSSR count). The van der Waals surface area contributed by atoms with Crippen molar-refractivity contribution in [2.75, 3.05) is 17.6 Å². The van der Waals surface area contributed by atoms with Gasteiger partial charge in [0.1, 0.15) is 17.9 Å². The minimum Gasteiger partial charge on any atom is -0.467 e. The molecule has 9 heteroatoms. The van der Waals surface area contributed by atoms with Gasteiger partial charge in [-0.3, -0.25) is 4.79 Å². The molecule has 0 unspecified atom stereocenters. The summed E-state index contributed by atoms with van der Waals surface area (Å²) in [6.45, 7) is 1.55. The summed E-state index contributed by atoms with van der Waals surface area (Å²) in [5.74, 6) is 2.79. The summed E-state index contributed by atoms with van der Waals surface area (Å²) in [6.07, 6.45) is 4.88. The van der Waals surface area contributed by atoms with E-state index in [1.54, 1.807) is 28.9 Å². The molecule has 1 amide bonds. The summed E-state index contributed by atoms with van der Waals surface area (Å²) in [7, 11) is 0. The van der Waals surface area contributed by atoms with E-state index in [-0.39, 0.29) is 5.91 Å². The number of carbonyl (C=O) groups is 1. The van der Waals surface area contributed by atoms with E-state index in [1.807, 2.05) is 30.3 Å². The molecule has 154 valence electrons. The number of nitrogens with one attached hydrogen (secondary N) is 2. The summed E-state index contributed by atoms with van der Waals surface area (Å²) in [6, 6.07) is 13.9. The standard InChI is InChI=1S/C21H22N6O2S/c28-19(14-30-13-16-5-2-1-3-6-16)22-8-9-27-21-18(12-26-27)20(24-15-25-21)23-11-17-7-4-10-29-17/h1-7,10,12,15H,8-9,11,13-14H2,(H,22,28)(H,23,24,25). The van der Waals surface area contributed by atoms with Gasteiger partial charge in [-0.2, -0.15) is 5.10 Å². The van der Waals surface area contributed by atoms with E-state index >= 15 is 0 Å². The summed E-state index contributed by atoms with van der Waals surface area (Å²) >= 11 is 1.60. The fourth-order valence-corrected chi connectivity index (χ4v) is 3.79. The second kappa shape index (κ2) is 9.93. The highest BCUT2D eigenvalue weighted by Gasteiger charge is 2.10. The van der Waals surface area contributed by atoms with Gasteiger partial charge in [0.05, 0.1) is 36.7 Å². The van der Waals surface area contributed by atoms with E-state index < -0.39 is 0 Å². The van der Waals surface area contributed by atoms with Crippen LogP contribution in [-0.4, -0.2) is 38.0 Å². The predicted molar refractivity (Wildman–Crippen MR) is 117 cm³/mol. The van der Waals surface area contributed by atoms with Crippen LogP contribution in [0.2, 0.25) is 0 Å². The fraction of sp³-hybridized carbons (Fsp3) is 0.238. The first kappa shape index (κ1) is 20.0. The number of hydrogen-bond donors (Lipinski definition) is 2. The van der Waals surface area contributed by atoms with Crippen LogP contribution in [0, 0.1) is 0 Å². The molecule has 0 saturated heterocycles. The van der Waals surface area contributed by atoms with E-state index in [1.165, 1.54) is 11.9 Å². The number of anilines is 1.